The van der Waals surface area contributed by atoms with Crippen LogP contribution in [0.1, 0.15) is 13.3 Å². The van der Waals surface area contributed by atoms with Gasteiger partial charge in [0, 0.05) is 5.92 Å². The van der Waals surface area contributed by atoms with E-state index in [4.69, 9.17) is 0 Å². The standard InChI is InChI=1S/C8H12O/c1-5-7(4)8(9)6(2)3/h7H,1-2,4-5H2,3H3. The minimum absolute atomic E-state index is 0.0185. The number of rotatable bonds is 3. The molecular weight excluding hydrogens is 112 g/mol. The zero-order chi connectivity index (χ0) is 7.44. The Labute approximate surface area is 56.8 Å². The van der Waals surface area contributed by atoms with E-state index in [1.165, 1.54) is 0 Å². The van der Waals surface area contributed by atoms with Crippen molar-refractivity contribution < 1.29 is 4.79 Å². The summed E-state index contributed by atoms with van der Waals surface area (Å²) in [6, 6.07) is 0. The van der Waals surface area contributed by atoms with Crippen LogP contribution in [-0.4, -0.2) is 5.78 Å². The van der Waals surface area contributed by atoms with Crippen molar-refractivity contribution in [1.29, 1.82) is 0 Å². The minimum Gasteiger partial charge on any atom is -0.294 e. The third-order valence-corrected chi connectivity index (χ3v) is 1.14. The average Bonchev–Trinajstić information content (AvgIpc) is 1.84. The van der Waals surface area contributed by atoms with Gasteiger partial charge in [-0.15, -0.1) is 0 Å². The molecule has 0 spiro atoms. The molecule has 9 heavy (non-hydrogen) atoms. The molecule has 0 saturated heterocycles. The van der Waals surface area contributed by atoms with Gasteiger partial charge in [-0.1, -0.05) is 13.5 Å². The van der Waals surface area contributed by atoms with Crippen LogP contribution < -0.4 is 0 Å². The lowest BCUT2D eigenvalue weighted by atomic mass is 9.99. The monoisotopic (exact) mass is 124 g/mol. The number of carbonyl (C=O) groups is 1. The molecule has 50 valence electrons. The van der Waals surface area contributed by atoms with Crippen molar-refractivity contribution in [3.63, 3.8) is 0 Å². The van der Waals surface area contributed by atoms with Crippen LogP contribution in [0.15, 0.2) is 12.2 Å². The SMILES string of the molecule is [CH2]CC([CH2])C(=O)C(=C)C. The van der Waals surface area contributed by atoms with Gasteiger partial charge in [0.25, 0.3) is 0 Å². The third-order valence-electron chi connectivity index (χ3n) is 1.14. The number of hydrogen-bond donors (Lipinski definition) is 0. The Morgan fingerprint density at radius 3 is 2.22 bits per heavy atom. The highest BCUT2D eigenvalue weighted by Gasteiger charge is 2.09. The molecule has 1 unspecified atom stereocenters. The number of ketones is 1. The van der Waals surface area contributed by atoms with Gasteiger partial charge in [0.15, 0.2) is 5.78 Å². The van der Waals surface area contributed by atoms with E-state index in [0.29, 0.717) is 12.0 Å². The molecule has 1 nitrogen and oxygen atoms in total. The van der Waals surface area contributed by atoms with Gasteiger partial charge in [0.2, 0.25) is 0 Å². The molecule has 0 N–H and O–H groups in total. The van der Waals surface area contributed by atoms with Gasteiger partial charge >= 0.3 is 0 Å². The van der Waals surface area contributed by atoms with E-state index in [1.54, 1.807) is 6.92 Å². The van der Waals surface area contributed by atoms with E-state index >= 15 is 0 Å². The maximum atomic E-state index is 10.9. The molecule has 0 heterocycles. The summed E-state index contributed by atoms with van der Waals surface area (Å²) in [6.45, 7) is 12.4. The van der Waals surface area contributed by atoms with Gasteiger partial charge in [-0.2, -0.15) is 0 Å². The van der Waals surface area contributed by atoms with Crippen LogP contribution in [0.4, 0.5) is 0 Å². The van der Waals surface area contributed by atoms with Gasteiger partial charge in [0.1, 0.15) is 0 Å². The summed E-state index contributed by atoms with van der Waals surface area (Å²) in [5.41, 5.74) is 0.568. The molecular formula is C8H12O. The zero-order valence-corrected chi connectivity index (χ0v) is 5.81. The Bertz CT molecular complexity index is 125. The summed E-state index contributed by atoms with van der Waals surface area (Å²) in [5.74, 6) is -0.188. The lowest BCUT2D eigenvalue weighted by Gasteiger charge is -2.04. The first-order chi connectivity index (χ1) is 4.09. The van der Waals surface area contributed by atoms with E-state index in [0.717, 1.165) is 0 Å². The van der Waals surface area contributed by atoms with E-state index < -0.39 is 0 Å². The van der Waals surface area contributed by atoms with Gasteiger partial charge in [-0.05, 0) is 25.8 Å². The summed E-state index contributed by atoms with van der Waals surface area (Å²) in [7, 11) is 0. The van der Waals surface area contributed by atoms with Crippen molar-refractivity contribution in [2.24, 2.45) is 5.92 Å². The molecule has 0 aliphatic carbocycles. The lowest BCUT2D eigenvalue weighted by molar-refractivity contribution is -0.117. The lowest BCUT2D eigenvalue weighted by Crippen LogP contribution is -2.10. The van der Waals surface area contributed by atoms with Crippen molar-refractivity contribution in [3.8, 4) is 0 Å². The van der Waals surface area contributed by atoms with Crippen LogP contribution in [0.25, 0.3) is 0 Å². The molecule has 1 heteroatoms. The molecule has 0 aliphatic rings. The molecule has 1 atom stereocenters. The molecule has 0 rings (SSSR count). The maximum Gasteiger partial charge on any atom is 0.161 e. The largest absolute Gasteiger partial charge is 0.294 e. The van der Waals surface area contributed by atoms with Crippen molar-refractivity contribution in [2.75, 3.05) is 0 Å². The highest BCUT2D eigenvalue weighted by atomic mass is 16.1. The maximum absolute atomic E-state index is 10.9. The van der Waals surface area contributed by atoms with Gasteiger partial charge in [0.05, 0.1) is 0 Å². The minimum atomic E-state index is -0.206. The summed E-state index contributed by atoms with van der Waals surface area (Å²) >= 11 is 0. The fraction of sp³-hybridized carbons (Fsp3) is 0.375. The molecule has 2 radical (unpaired) electrons. The van der Waals surface area contributed by atoms with E-state index in [2.05, 4.69) is 20.4 Å². The molecule has 0 aromatic heterocycles. The van der Waals surface area contributed by atoms with E-state index in [1.807, 2.05) is 0 Å². The Balaban J connectivity index is 3.88. The van der Waals surface area contributed by atoms with E-state index in [9.17, 15) is 4.79 Å². The van der Waals surface area contributed by atoms with E-state index in [-0.39, 0.29) is 11.7 Å². The Kier molecular flexibility index (Phi) is 3.21. The molecule has 0 aromatic carbocycles. The first-order valence-corrected chi connectivity index (χ1v) is 2.91. The van der Waals surface area contributed by atoms with Crippen molar-refractivity contribution in [1.82, 2.24) is 0 Å². The van der Waals surface area contributed by atoms with Crippen LogP contribution in [0.2, 0.25) is 0 Å². The van der Waals surface area contributed by atoms with Crippen LogP contribution in [0, 0.1) is 19.8 Å². The summed E-state index contributed by atoms with van der Waals surface area (Å²) in [4.78, 5) is 10.9. The predicted molar refractivity (Wildman–Crippen MR) is 38.6 cm³/mol. The fourth-order valence-electron chi connectivity index (χ4n) is 0.480. The predicted octanol–water partition coefficient (Wildman–Crippen LogP) is 1.81. The molecule has 0 fully saturated rings. The first kappa shape index (κ1) is 8.41. The first-order valence-electron chi connectivity index (χ1n) is 2.91. The summed E-state index contributed by atoms with van der Waals surface area (Å²) in [5, 5.41) is 0. The normalized spacial score (nSPS) is 12.8. The second-order valence-electron chi connectivity index (χ2n) is 2.13. The van der Waals surface area contributed by atoms with Crippen molar-refractivity contribution >= 4 is 5.78 Å². The number of carbonyl (C=O) groups excluding carboxylic acids is 1. The van der Waals surface area contributed by atoms with Gasteiger partial charge in [-0.3, -0.25) is 4.79 Å². The highest BCUT2D eigenvalue weighted by molar-refractivity contribution is 5.96. The molecule has 0 aliphatic heterocycles. The number of hydrogen-bond acceptors (Lipinski definition) is 1. The van der Waals surface area contributed by atoms with Crippen LogP contribution in [0.3, 0.4) is 0 Å². The zero-order valence-electron chi connectivity index (χ0n) is 5.81. The Hall–Kier alpha value is -0.590. The third kappa shape index (κ3) is 2.45. The molecule has 0 saturated carbocycles. The Morgan fingerprint density at radius 2 is 2.11 bits per heavy atom. The summed E-state index contributed by atoms with van der Waals surface area (Å²) in [6.07, 6.45) is 0.547. The second kappa shape index (κ2) is 3.44. The molecule has 0 aromatic rings. The van der Waals surface area contributed by atoms with Gasteiger partial charge < -0.3 is 0 Å². The molecule has 0 bridgehead atoms. The molecule has 0 amide bonds. The number of allylic oxidation sites excluding steroid dienone is 1. The average molecular weight is 124 g/mol. The number of Topliss-reactive ketones (excluding diaryl/α,β-unsaturated/α-hetero) is 1. The van der Waals surface area contributed by atoms with Crippen molar-refractivity contribution in [3.05, 3.63) is 26.0 Å². The highest BCUT2D eigenvalue weighted by Crippen LogP contribution is 2.06. The quantitative estimate of drug-likeness (QED) is 0.524. The van der Waals surface area contributed by atoms with Crippen LogP contribution >= 0.6 is 0 Å². The van der Waals surface area contributed by atoms with Gasteiger partial charge in [-0.25, -0.2) is 0 Å². The topological polar surface area (TPSA) is 17.1 Å². The Morgan fingerprint density at radius 1 is 1.67 bits per heavy atom. The second-order valence-corrected chi connectivity index (χ2v) is 2.13. The van der Waals surface area contributed by atoms with Crippen LogP contribution in [-0.2, 0) is 4.79 Å². The van der Waals surface area contributed by atoms with Crippen molar-refractivity contribution in [2.45, 2.75) is 13.3 Å². The fourth-order valence-corrected chi connectivity index (χ4v) is 0.480. The summed E-state index contributed by atoms with van der Waals surface area (Å²) < 4.78 is 0. The van der Waals surface area contributed by atoms with Crippen LogP contribution in [0.5, 0.6) is 0 Å². The smallest absolute Gasteiger partial charge is 0.161 e.